The number of nitrogens with one attached hydrogen (secondary N) is 1. The molecule has 0 aromatic rings. The summed E-state index contributed by atoms with van der Waals surface area (Å²) in [6.07, 6.45) is 5.66. The highest BCUT2D eigenvalue weighted by Crippen LogP contribution is 2.32. The van der Waals surface area contributed by atoms with Crippen LogP contribution in [-0.2, 0) is 4.79 Å². The minimum Gasteiger partial charge on any atom is -0.353 e. The Balaban J connectivity index is 1.66. The minimum atomic E-state index is 0.291. The maximum atomic E-state index is 11.4. The van der Waals surface area contributed by atoms with Gasteiger partial charge in [0.1, 0.15) is 0 Å². The summed E-state index contributed by atoms with van der Waals surface area (Å²) in [6, 6.07) is 0.479. The molecule has 1 aliphatic carbocycles. The van der Waals surface area contributed by atoms with Gasteiger partial charge in [-0.25, -0.2) is 0 Å². The molecule has 0 bridgehead atoms. The van der Waals surface area contributed by atoms with E-state index in [0.717, 1.165) is 12.3 Å². The van der Waals surface area contributed by atoms with E-state index >= 15 is 0 Å². The molecule has 0 unspecified atom stereocenters. The van der Waals surface area contributed by atoms with Crippen LogP contribution >= 0.6 is 11.8 Å². The molecule has 1 aliphatic heterocycles. The van der Waals surface area contributed by atoms with Gasteiger partial charge in [-0.05, 0) is 43.1 Å². The Hall–Kier alpha value is -0.180. The molecule has 2 aliphatic rings. The third-order valence-corrected chi connectivity index (χ3v) is 3.81. The first-order chi connectivity index (χ1) is 6.34. The van der Waals surface area contributed by atoms with E-state index in [0.29, 0.717) is 11.9 Å². The molecule has 74 valence electrons. The van der Waals surface area contributed by atoms with Crippen molar-refractivity contribution in [2.45, 2.75) is 38.1 Å². The summed E-state index contributed by atoms with van der Waals surface area (Å²) in [5.41, 5.74) is 0. The fraction of sp³-hybridized carbons (Fsp3) is 0.900. The highest BCUT2D eigenvalue weighted by Gasteiger charge is 2.25. The lowest BCUT2D eigenvalue weighted by molar-refractivity contribution is -0.122. The van der Waals surface area contributed by atoms with E-state index in [1.54, 1.807) is 0 Å². The third kappa shape index (κ3) is 3.22. The van der Waals surface area contributed by atoms with Crippen molar-refractivity contribution < 1.29 is 4.79 Å². The Kier molecular flexibility index (Phi) is 3.14. The summed E-state index contributed by atoms with van der Waals surface area (Å²) >= 11 is 2.00. The van der Waals surface area contributed by atoms with Gasteiger partial charge in [0.2, 0.25) is 5.91 Å². The monoisotopic (exact) mass is 199 g/mol. The van der Waals surface area contributed by atoms with Crippen LogP contribution in [0, 0.1) is 5.92 Å². The first kappa shape index (κ1) is 9.38. The highest BCUT2D eigenvalue weighted by molar-refractivity contribution is 7.99. The van der Waals surface area contributed by atoms with Crippen LogP contribution in [-0.4, -0.2) is 23.5 Å². The van der Waals surface area contributed by atoms with E-state index in [2.05, 4.69) is 5.32 Å². The van der Waals surface area contributed by atoms with Crippen LogP contribution in [0.1, 0.15) is 32.1 Å². The van der Waals surface area contributed by atoms with E-state index in [-0.39, 0.29) is 0 Å². The zero-order valence-electron chi connectivity index (χ0n) is 7.92. The van der Waals surface area contributed by atoms with Gasteiger partial charge in [-0.15, -0.1) is 0 Å². The number of carbonyl (C=O) groups is 1. The summed E-state index contributed by atoms with van der Waals surface area (Å²) in [7, 11) is 0. The van der Waals surface area contributed by atoms with Gasteiger partial charge in [0, 0.05) is 12.5 Å². The molecule has 1 N–H and O–H groups in total. The number of hydrogen-bond donors (Lipinski definition) is 1. The van der Waals surface area contributed by atoms with Crippen LogP contribution in [0.3, 0.4) is 0 Å². The molecule has 1 heterocycles. The number of hydrogen-bond acceptors (Lipinski definition) is 2. The summed E-state index contributed by atoms with van der Waals surface area (Å²) < 4.78 is 0. The second kappa shape index (κ2) is 4.36. The quantitative estimate of drug-likeness (QED) is 0.751. The molecule has 0 aromatic heterocycles. The molecule has 2 nitrogen and oxygen atoms in total. The molecule has 0 aromatic carbocycles. The Morgan fingerprint density at radius 2 is 1.92 bits per heavy atom. The SMILES string of the molecule is O=C(CC1CC1)NC1CCSCC1. The minimum absolute atomic E-state index is 0.291. The van der Waals surface area contributed by atoms with Crippen molar-refractivity contribution in [2.24, 2.45) is 5.92 Å². The van der Waals surface area contributed by atoms with Crippen molar-refractivity contribution in [1.82, 2.24) is 5.32 Å². The molecule has 1 amide bonds. The summed E-state index contributed by atoms with van der Waals surface area (Å²) in [4.78, 5) is 11.4. The zero-order valence-corrected chi connectivity index (χ0v) is 8.74. The van der Waals surface area contributed by atoms with Crippen LogP contribution in [0.4, 0.5) is 0 Å². The van der Waals surface area contributed by atoms with Gasteiger partial charge in [0.05, 0.1) is 0 Å². The second-order valence-corrected chi connectivity index (χ2v) is 5.33. The number of amides is 1. The molecule has 2 rings (SSSR count). The second-order valence-electron chi connectivity index (χ2n) is 4.10. The molecular weight excluding hydrogens is 182 g/mol. The average Bonchev–Trinajstić information content (AvgIpc) is 2.90. The molecule has 13 heavy (non-hydrogen) atoms. The van der Waals surface area contributed by atoms with Crippen molar-refractivity contribution in [3.05, 3.63) is 0 Å². The number of carbonyl (C=O) groups excluding carboxylic acids is 1. The molecule has 0 radical (unpaired) electrons. The Morgan fingerprint density at radius 1 is 1.23 bits per heavy atom. The smallest absolute Gasteiger partial charge is 0.220 e. The van der Waals surface area contributed by atoms with Crippen LogP contribution in [0.5, 0.6) is 0 Å². The van der Waals surface area contributed by atoms with E-state index in [1.807, 2.05) is 11.8 Å². The lowest BCUT2D eigenvalue weighted by Gasteiger charge is -2.22. The summed E-state index contributed by atoms with van der Waals surface area (Å²) in [5, 5.41) is 3.14. The molecule has 0 spiro atoms. The van der Waals surface area contributed by atoms with Gasteiger partial charge < -0.3 is 5.32 Å². The van der Waals surface area contributed by atoms with Crippen LogP contribution in [0.25, 0.3) is 0 Å². The van der Waals surface area contributed by atoms with Gasteiger partial charge >= 0.3 is 0 Å². The standard InChI is InChI=1S/C10H17NOS/c12-10(7-8-1-2-8)11-9-3-5-13-6-4-9/h8-9H,1-7H2,(H,11,12). The van der Waals surface area contributed by atoms with E-state index in [1.165, 1.54) is 37.2 Å². The first-order valence-electron chi connectivity index (χ1n) is 5.21. The molecular formula is C10H17NOS. The first-order valence-corrected chi connectivity index (χ1v) is 6.37. The molecule has 0 atom stereocenters. The fourth-order valence-corrected chi connectivity index (χ4v) is 2.82. The van der Waals surface area contributed by atoms with Crippen molar-refractivity contribution in [1.29, 1.82) is 0 Å². The van der Waals surface area contributed by atoms with Crippen molar-refractivity contribution in [3.63, 3.8) is 0 Å². The van der Waals surface area contributed by atoms with Crippen LogP contribution < -0.4 is 5.32 Å². The van der Waals surface area contributed by atoms with Gasteiger partial charge in [0.15, 0.2) is 0 Å². The topological polar surface area (TPSA) is 29.1 Å². The third-order valence-electron chi connectivity index (χ3n) is 2.76. The molecule has 1 saturated heterocycles. The van der Waals surface area contributed by atoms with Crippen molar-refractivity contribution in [2.75, 3.05) is 11.5 Å². The Bertz CT molecular complexity index is 185. The average molecular weight is 199 g/mol. The maximum absolute atomic E-state index is 11.4. The number of thioether (sulfide) groups is 1. The van der Waals surface area contributed by atoms with Crippen LogP contribution in [0.2, 0.25) is 0 Å². The van der Waals surface area contributed by atoms with E-state index in [4.69, 9.17) is 0 Å². The summed E-state index contributed by atoms with van der Waals surface area (Å²) in [6.45, 7) is 0. The molecule has 1 saturated carbocycles. The predicted molar refractivity (Wildman–Crippen MR) is 55.8 cm³/mol. The highest BCUT2D eigenvalue weighted by atomic mass is 32.2. The predicted octanol–water partition coefficient (Wildman–Crippen LogP) is 1.80. The number of rotatable bonds is 3. The van der Waals surface area contributed by atoms with Gasteiger partial charge in [-0.1, -0.05) is 0 Å². The van der Waals surface area contributed by atoms with Crippen molar-refractivity contribution in [3.8, 4) is 0 Å². The van der Waals surface area contributed by atoms with Crippen molar-refractivity contribution >= 4 is 17.7 Å². The van der Waals surface area contributed by atoms with Gasteiger partial charge in [0.25, 0.3) is 0 Å². The normalized spacial score (nSPS) is 24.3. The maximum Gasteiger partial charge on any atom is 0.220 e. The lowest BCUT2D eigenvalue weighted by Crippen LogP contribution is -2.37. The van der Waals surface area contributed by atoms with Gasteiger partial charge in [-0.2, -0.15) is 11.8 Å². The largest absolute Gasteiger partial charge is 0.353 e. The molecule has 3 heteroatoms. The Labute approximate surface area is 83.8 Å². The van der Waals surface area contributed by atoms with Crippen LogP contribution in [0.15, 0.2) is 0 Å². The fourth-order valence-electron chi connectivity index (χ4n) is 1.71. The lowest BCUT2D eigenvalue weighted by atomic mass is 10.1. The molecule has 2 fully saturated rings. The Morgan fingerprint density at radius 3 is 2.54 bits per heavy atom. The van der Waals surface area contributed by atoms with Gasteiger partial charge in [-0.3, -0.25) is 4.79 Å². The van der Waals surface area contributed by atoms with E-state index < -0.39 is 0 Å². The summed E-state index contributed by atoms with van der Waals surface area (Å²) in [5.74, 6) is 3.44. The zero-order chi connectivity index (χ0) is 9.10. The van der Waals surface area contributed by atoms with E-state index in [9.17, 15) is 4.79 Å².